The molecule has 0 aromatic heterocycles. The highest BCUT2D eigenvalue weighted by Gasteiger charge is 2.20. The molecule has 160 valence electrons. The van der Waals surface area contributed by atoms with Crippen LogP contribution in [0.4, 0.5) is 11.4 Å². The van der Waals surface area contributed by atoms with Gasteiger partial charge in [0.25, 0.3) is 0 Å². The number of carboxylic acids is 2. The van der Waals surface area contributed by atoms with E-state index in [1.165, 1.54) is 24.3 Å². The molecule has 0 saturated heterocycles. The average molecular weight is 420 g/mol. The van der Waals surface area contributed by atoms with Crippen LogP contribution in [0.1, 0.15) is 11.1 Å². The summed E-state index contributed by atoms with van der Waals surface area (Å²) in [5.74, 6) is -5.15. The Hall–Kier alpha value is -3.90. The van der Waals surface area contributed by atoms with E-state index in [1.54, 1.807) is 0 Å². The van der Waals surface area contributed by atoms with E-state index in [4.69, 9.17) is 21.7 Å². The van der Waals surface area contributed by atoms with Gasteiger partial charge in [0.05, 0.1) is 0 Å². The lowest BCUT2D eigenvalue weighted by Gasteiger charge is -2.11. The zero-order valence-corrected chi connectivity index (χ0v) is 15.4. The molecule has 12 nitrogen and oxygen atoms in total. The number of phenolic OH excluding ortho intramolecular Hbond substituents is 4. The molecule has 0 amide bonds. The number of hydrogen-bond acceptors (Lipinski definition) is 10. The lowest BCUT2D eigenvalue weighted by atomic mass is 10.0. The molecule has 0 saturated carbocycles. The molecule has 0 aliphatic carbocycles. The van der Waals surface area contributed by atoms with Crippen molar-refractivity contribution in [1.29, 1.82) is 0 Å². The number of rotatable bonds is 8. The Bertz CT molecular complexity index is 929. The van der Waals surface area contributed by atoms with Crippen molar-refractivity contribution in [2.45, 2.75) is 24.9 Å². The van der Waals surface area contributed by atoms with Gasteiger partial charge in [-0.1, -0.05) is 12.1 Å². The minimum Gasteiger partial charge on any atom is -0.504 e. The molecule has 2 rings (SSSR count). The van der Waals surface area contributed by atoms with Gasteiger partial charge in [0.15, 0.2) is 23.0 Å². The zero-order valence-electron chi connectivity index (χ0n) is 15.4. The standard InChI is InChI=1S/C18H20N4O8/c19-9(17(27)28)5-7-1-3-11(15(25)13(7)23)21-22-12-4-2-8(14(24)16(12)26)6-10(20)18(29)30/h1-4,9-10,23-26H,5-6,19-20H2,(H,27,28)(H,29,30). The van der Waals surface area contributed by atoms with Crippen molar-refractivity contribution in [2.24, 2.45) is 21.7 Å². The second kappa shape index (κ2) is 9.07. The van der Waals surface area contributed by atoms with Crippen LogP contribution in [-0.4, -0.2) is 54.7 Å². The topological polar surface area (TPSA) is 232 Å². The van der Waals surface area contributed by atoms with E-state index in [-0.39, 0.29) is 35.3 Å². The van der Waals surface area contributed by atoms with Gasteiger partial charge in [-0.25, -0.2) is 0 Å². The third-order valence-electron chi connectivity index (χ3n) is 4.21. The van der Waals surface area contributed by atoms with Gasteiger partial charge >= 0.3 is 11.9 Å². The third kappa shape index (κ3) is 4.92. The summed E-state index contributed by atoms with van der Waals surface area (Å²) in [6, 6.07) is 2.55. The second-order valence-corrected chi connectivity index (χ2v) is 6.38. The lowest BCUT2D eigenvalue weighted by molar-refractivity contribution is -0.139. The minimum atomic E-state index is -1.28. The van der Waals surface area contributed by atoms with Gasteiger partial charge in [-0.3, -0.25) is 9.59 Å². The first-order chi connectivity index (χ1) is 14.0. The molecule has 30 heavy (non-hydrogen) atoms. The van der Waals surface area contributed by atoms with Crippen LogP contribution in [0, 0.1) is 0 Å². The summed E-state index contributed by atoms with van der Waals surface area (Å²) in [5, 5.41) is 65.2. The molecule has 0 aliphatic rings. The number of aromatic hydroxyl groups is 4. The normalized spacial score (nSPS) is 13.3. The number of aliphatic carboxylic acids is 2. The Kier molecular flexibility index (Phi) is 6.77. The first-order valence-electron chi connectivity index (χ1n) is 8.49. The summed E-state index contributed by atoms with van der Waals surface area (Å²) >= 11 is 0. The van der Waals surface area contributed by atoms with Gasteiger partial charge in [-0.2, -0.15) is 0 Å². The van der Waals surface area contributed by atoms with Crippen LogP contribution < -0.4 is 11.5 Å². The Balaban J connectivity index is 2.27. The quantitative estimate of drug-likeness (QED) is 0.221. The molecule has 0 aliphatic heterocycles. The maximum absolute atomic E-state index is 10.8. The van der Waals surface area contributed by atoms with Crippen LogP contribution in [-0.2, 0) is 22.4 Å². The smallest absolute Gasteiger partial charge is 0.320 e. The van der Waals surface area contributed by atoms with Crippen molar-refractivity contribution in [3.8, 4) is 23.0 Å². The fourth-order valence-electron chi connectivity index (χ4n) is 2.47. The van der Waals surface area contributed by atoms with Gasteiger partial charge in [-0.15, -0.1) is 10.2 Å². The highest BCUT2D eigenvalue weighted by molar-refractivity contribution is 5.75. The van der Waals surface area contributed by atoms with E-state index in [0.29, 0.717) is 0 Å². The monoisotopic (exact) mass is 420 g/mol. The number of azo groups is 1. The Morgan fingerprint density at radius 1 is 0.700 bits per heavy atom. The van der Waals surface area contributed by atoms with E-state index >= 15 is 0 Å². The predicted molar refractivity (Wildman–Crippen MR) is 102 cm³/mol. The van der Waals surface area contributed by atoms with Crippen molar-refractivity contribution >= 4 is 23.3 Å². The van der Waals surface area contributed by atoms with Crippen LogP contribution in [0.2, 0.25) is 0 Å². The largest absolute Gasteiger partial charge is 0.504 e. The summed E-state index contributed by atoms with van der Waals surface area (Å²) in [4.78, 5) is 21.6. The highest BCUT2D eigenvalue weighted by atomic mass is 16.4. The third-order valence-corrected chi connectivity index (χ3v) is 4.21. The molecule has 0 heterocycles. The number of benzene rings is 2. The number of phenols is 4. The fraction of sp³-hybridized carbons (Fsp3) is 0.222. The van der Waals surface area contributed by atoms with Crippen molar-refractivity contribution in [1.82, 2.24) is 0 Å². The van der Waals surface area contributed by atoms with E-state index in [0.717, 1.165) is 0 Å². The molecule has 2 aromatic rings. The van der Waals surface area contributed by atoms with Crippen molar-refractivity contribution < 1.29 is 40.2 Å². The van der Waals surface area contributed by atoms with E-state index in [2.05, 4.69) is 10.2 Å². The van der Waals surface area contributed by atoms with E-state index < -0.39 is 47.0 Å². The Labute approximate surface area is 169 Å². The highest BCUT2D eigenvalue weighted by Crippen LogP contribution is 2.42. The molecule has 2 atom stereocenters. The van der Waals surface area contributed by atoms with Gasteiger partial charge in [0, 0.05) is 24.0 Å². The van der Waals surface area contributed by atoms with Crippen molar-refractivity contribution in [3.63, 3.8) is 0 Å². The average Bonchev–Trinajstić information content (AvgIpc) is 2.69. The minimum absolute atomic E-state index is 0.0842. The van der Waals surface area contributed by atoms with Gasteiger partial charge in [0.1, 0.15) is 23.5 Å². The molecule has 0 bridgehead atoms. The number of carboxylic acid groups (broad SMARTS) is 2. The molecule has 2 aromatic carbocycles. The van der Waals surface area contributed by atoms with Crippen LogP contribution >= 0.6 is 0 Å². The first-order valence-corrected chi connectivity index (χ1v) is 8.49. The molecule has 2 unspecified atom stereocenters. The zero-order chi connectivity index (χ0) is 22.6. The van der Waals surface area contributed by atoms with Gasteiger partial charge in [0.2, 0.25) is 0 Å². The van der Waals surface area contributed by atoms with Crippen LogP contribution in [0.3, 0.4) is 0 Å². The second-order valence-electron chi connectivity index (χ2n) is 6.38. The number of nitrogens with two attached hydrogens (primary N) is 2. The predicted octanol–water partition coefficient (Wildman–Crippen LogP) is 0.833. The van der Waals surface area contributed by atoms with Crippen LogP contribution in [0.15, 0.2) is 34.5 Å². The fourth-order valence-corrected chi connectivity index (χ4v) is 2.47. The maximum Gasteiger partial charge on any atom is 0.320 e. The summed E-state index contributed by atoms with van der Waals surface area (Å²) in [5.41, 5.74) is 10.6. The molecule has 12 heteroatoms. The SMILES string of the molecule is NC(Cc1ccc(N=Nc2ccc(CC(N)C(=O)O)c(O)c2O)c(O)c1O)C(=O)O. The van der Waals surface area contributed by atoms with E-state index in [1.807, 2.05) is 0 Å². The molecular weight excluding hydrogens is 400 g/mol. The summed E-state index contributed by atoms with van der Waals surface area (Å²) in [6.45, 7) is 0. The summed E-state index contributed by atoms with van der Waals surface area (Å²) < 4.78 is 0. The Morgan fingerprint density at radius 2 is 1.03 bits per heavy atom. The molecule has 0 spiro atoms. The van der Waals surface area contributed by atoms with Gasteiger partial charge < -0.3 is 42.1 Å². The molecular formula is C18H20N4O8. The number of carbonyl (C=O) groups is 2. The maximum atomic E-state index is 10.8. The number of nitrogens with zero attached hydrogens (tertiary/aromatic N) is 2. The van der Waals surface area contributed by atoms with Crippen LogP contribution in [0.5, 0.6) is 23.0 Å². The molecule has 0 fully saturated rings. The van der Waals surface area contributed by atoms with E-state index in [9.17, 15) is 30.0 Å². The van der Waals surface area contributed by atoms with Gasteiger partial charge in [-0.05, 0) is 12.1 Å². The molecule has 0 radical (unpaired) electrons. The first kappa shape index (κ1) is 22.4. The Morgan fingerprint density at radius 3 is 1.33 bits per heavy atom. The van der Waals surface area contributed by atoms with Crippen LogP contribution in [0.25, 0.3) is 0 Å². The molecule has 10 N–H and O–H groups in total. The summed E-state index contributed by atoms with van der Waals surface area (Å²) in [6.07, 6.45) is -0.471. The van der Waals surface area contributed by atoms with Crippen molar-refractivity contribution in [2.75, 3.05) is 0 Å². The lowest BCUT2D eigenvalue weighted by Crippen LogP contribution is -2.32. The van der Waals surface area contributed by atoms with Crippen molar-refractivity contribution in [3.05, 3.63) is 35.4 Å². The number of hydrogen-bond donors (Lipinski definition) is 8. The summed E-state index contributed by atoms with van der Waals surface area (Å²) in [7, 11) is 0.